The van der Waals surface area contributed by atoms with Crippen molar-refractivity contribution in [3.05, 3.63) is 36.0 Å². The number of nitrogens with one attached hydrogen (secondary N) is 1. The first kappa shape index (κ1) is 10.2. The fraction of sp³-hybridized carbons (Fsp3) is 0.111. The van der Waals surface area contributed by atoms with Crippen LogP contribution in [0.2, 0.25) is 0 Å². The van der Waals surface area contributed by atoms with Crippen LogP contribution in [0.15, 0.2) is 30.5 Å². The van der Waals surface area contributed by atoms with E-state index in [0.717, 1.165) is 11.3 Å². The van der Waals surface area contributed by atoms with Gasteiger partial charge in [0.15, 0.2) is 0 Å². The predicted octanol–water partition coefficient (Wildman–Crippen LogP) is 1.78. The maximum atomic E-state index is 3.94. The Morgan fingerprint density at radius 2 is 2.00 bits per heavy atom. The Morgan fingerprint density at radius 3 is 2.62 bits per heavy atom. The third-order valence-electron chi connectivity index (χ3n) is 1.84. The van der Waals surface area contributed by atoms with Crippen molar-refractivity contribution in [1.29, 1.82) is 0 Å². The second kappa shape index (κ2) is 4.37. The summed E-state index contributed by atoms with van der Waals surface area (Å²) in [6.45, 7) is 2.06. The van der Waals surface area contributed by atoms with E-state index < -0.39 is 0 Å². The summed E-state index contributed by atoms with van der Waals surface area (Å²) in [7, 11) is 0. The van der Waals surface area contributed by atoms with Gasteiger partial charge in [0.25, 0.3) is 0 Å². The monoisotopic (exact) mass is 266 g/mol. The zero-order chi connectivity index (χ0) is 8.39. The number of aryl methyl sites for hydroxylation is 1. The molecule has 0 aliphatic heterocycles. The summed E-state index contributed by atoms with van der Waals surface area (Å²) < 4.78 is 0. The molecule has 71 valence electrons. The molecule has 3 nitrogen and oxygen atoms in total. The molecule has 1 aromatic carbocycles. The second-order valence-corrected chi connectivity index (χ2v) is 2.67. The number of aromatic amines is 1. The van der Waals surface area contributed by atoms with Gasteiger partial charge in [-0.25, -0.2) is 0 Å². The van der Waals surface area contributed by atoms with Crippen LogP contribution in [-0.2, 0) is 22.4 Å². The molecule has 13 heavy (non-hydrogen) atoms. The molecule has 1 radical (unpaired) electrons. The Morgan fingerprint density at radius 1 is 1.23 bits per heavy atom. The van der Waals surface area contributed by atoms with Crippen LogP contribution >= 0.6 is 0 Å². The minimum Gasteiger partial charge on any atom is -0.265 e. The number of hydrogen-bond donors (Lipinski definition) is 1. The molecule has 1 heterocycles. The Balaban J connectivity index is 0.000000845. The summed E-state index contributed by atoms with van der Waals surface area (Å²) in [5.74, 6) is 0. The van der Waals surface area contributed by atoms with E-state index in [9.17, 15) is 0 Å². The zero-order valence-electron chi connectivity index (χ0n) is 7.08. The molecule has 0 aliphatic rings. The molecule has 0 spiro atoms. The van der Waals surface area contributed by atoms with Gasteiger partial charge in [-0.1, -0.05) is 29.5 Å². The summed E-state index contributed by atoms with van der Waals surface area (Å²) in [6.07, 6.45) is 1.79. The van der Waals surface area contributed by atoms with Gasteiger partial charge >= 0.3 is 0 Å². The molecule has 2 aromatic rings. The van der Waals surface area contributed by atoms with Crippen molar-refractivity contribution < 1.29 is 22.4 Å². The van der Waals surface area contributed by atoms with Crippen LogP contribution in [0.3, 0.4) is 0 Å². The van der Waals surface area contributed by atoms with Crippen LogP contribution < -0.4 is 0 Å². The van der Waals surface area contributed by atoms with Gasteiger partial charge in [0.1, 0.15) is 5.69 Å². The van der Waals surface area contributed by atoms with Crippen molar-refractivity contribution in [2.45, 2.75) is 6.92 Å². The standard InChI is InChI=1S/C9H9N3.Ag/c1-7-4-2-3-5-8(7)9-6-10-12-11-9;/h2-6H,1H3,(H,10,11,12);. The van der Waals surface area contributed by atoms with E-state index in [1.165, 1.54) is 5.56 Å². The predicted molar refractivity (Wildman–Crippen MR) is 46.6 cm³/mol. The minimum absolute atomic E-state index is 0. The third-order valence-corrected chi connectivity index (χ3v) is 1.84. The summed E-state index contributed by atoms with van der Waals surface area (Å²) in [6, 6.07) is 8.10. The molecule has 0 amide bonds. The molecule has 0 aliphatic carbocycles. The molecule has 4 heteroatoms. The Bertz CT molecular complexity index is 370. The molecule has 2 rings (SSSR count). The van der Waals surface area contributed by atoms with E-state index in [1.807, 2.05) is 18.2 Å². The van der Waals surface area contributed by atoms with Crippen molar-refractivity contribution in [2.75, 3.05) is 0 Å². The van der Waals surface area contributed by atoms with Gasteiger partial charge in [0.2, 0.25) is 0 Å². The normalized spacial score (nSPS) is 9.31. The van der Waals surface area contributed by atoms with Crippen molar-refractivity contribution in [3.63, 3.8) is 0 Å². The fourth-order valence-electron chi connectivity index (χ4n) is 1.19. The van der Waals surface area contributed by atoms with Crippen LogP contribution in [0, 0.1) is 6.92 Å². The van der Waals surface area contributed by atoms with Gasteiger partial charge in [-0.3, -0.25) is 5.10 Å². The number of H-pyrrole nitrogens is 1. The molecular formula is C9H9AgN3. The average molecular weight is 267 g/mol. The average Bonchev–Trinajstić information content (AvgIpc) is 2.57. The fourth-order valence-corrected chi connectivity index (χ4v) is 1.19. The summed E-state index contributed by atoms with van der Waals surface area (Å²) in [5.41, 5.74) is 3.24. The van der Waals surface area contributed by atoms with Crippen molar-refractivity contribution in [3.8, 4) is 11.3 Å². The molecule has 1 aromatic heterocycles. The van der Waals surface area contributed by atoms with Crippen LogP contribution in [0.4, 0.5) is 0 Å². The molecule has 0 saturated carbocycles. The molecular weight excluding hydrogens is 258 g/mol. The zero-order valence-corrected chi connectivity index (χ0v) is 8.56. The van der Waals surface area contributed by atoms with Gasteiger partial charge in [-0.05, 0) is 12.5 Å². The maximum Gasteiger partial charge on any atom is 0.113 e. The quantitative estimate of drug-likeness (QED) is 0.800. The number of aromatic nitrogens is 3. The Kier molecular flexibility index (Phi) is 3.42. The van der Waals surface area contributed by atoms with Crippen LogP contribution in [0.1, 0.15) is 5.56 Å². The van der Waals surface area contributed by atoms with Crippen LogP contribution in [-0.4, -0.2) is 15.4 Å². The van der Waals surface area contributed by atoms with Crippen molar-refractivity contribution in [1.82, 2.24) is 15.4 Å². The first-order valence-electron chi connectivity index (χ1n) is 3.80. The number of hydrogen-bond acceptors (Lipinski definition) is 2. The molecule has 0 saturated heterocycles. The summed E-state index contributed by atoms with van der Waals surface area (Å²) >= 11 is 0. The molecule has 0 bridgehead atoms. The van der Waals surface area contributed by atoms with E-state index in [1.54, 1.807) is 6.20 Å². The van der Waals surface area contributed by atoms with E-state index in [-0.39, 0.29) is 22.4 Å². The van der Waals surface area contributed by atoms with Crippen molar-refractivity contribution in [2.24, 2.45) is 0 Å². The Hall–Kier alpha value is -0.900. The SMILES string of the molecule is Cc1ccccc1-c1c[nH]nn1.[Ag]. The number of rotatable bonds is 1. The molecule has 0 fully saturated rings. The smallest absolute Gasteiger partial charge is 0.113 e. The molecule has 0 atom stereocenters. The maximum absolute atomic E-state index is 3.94. The topological polar surface area (TPSA) is 41.6 Å². The van der Waals surface area contributed by atoms with E-state index in [2.05, 4.69) is 28.4 Å². The first-order valence-corrected chi connectivity index (χ1v) is 3.80. The van der Waals surface area contributed by atoms with Gasteiger partial charge in [0.05, 0.1) is 0 Å². The first-order chi connectivity index (χ1) is 5.88. The van der Waals surface area contributed by atoms with E-state index in [0.29, 0.717) is 0 Å². The van der Waals surface area contributed by atoms with Crippen LogP contribution in [0.25, 0.3) is 11.3 Å². The summed E-state index contributed by atoms with van der Waals surface area (Å²) in [4.78, 5) is 0. The number of benzene rings is 1. The third kappa shape index (κ3) is 2.06. The minimum atomic E-state index is 0. The van der Waals surface area contributed by atoms with Crippen molar-refractivity contribution >= 4 is 0 Å². The van der Waals surface area contributed by atoms with Gasteiger partial charge in [-0.2, -0.15) is 0 Å². The van der Waals surface area contributed by atoms with Gasteiger partial charge < -0.3 is 0 Å². The number of nitrogens with zero attached hydrogens (tertiary/aromatic N) is 2. The largest absolute Gasteiger partial charge is 0.265 e. The molecule has 0 unspecified atom stereocenters. The van der Waals surface area contributed by atoms with E-state index >= 15 is 0 Å². The molecule has 1 N–H and O–H groups in total. The summed E-state index contributed by atoms with van der Waals surface area (Å²) in [5, 5.41) is 10.3. The van der Waals surface area contributed by atoms with Gasteiger partial charge in [0, 0.05) is 34.1 Å². The second-order valence-electron chi connectivity index (χ2n) is 2.67. The van der Waals surface area contributed by atoms with Gasteiger partial charge in [-0.15, -0.1) is 5.10 Å². The Labute approximate surface area is 92.1 Å². The van der Waals surface area contributed by atoms with Crippen LogP contribution in [0.5, 0.6) is 0 Å². The van der Waals surface area contributed by atoms with E-state index in [4.69, 9.17) is 0 Å².